The second-order valence-electron chi connectivity index (χ2n) is 10.5. The van der Waals surface area contributed by atoms with Gasteiger partial charge in [0, 0.05) is 19.6 Å². The van der Waals surface area contributed by atoms with E-state index in [4.69, 9.17) is 23.4 Å². The smallest absolute Gasteiger partial charge is 0.408 e. The van der Waals surface area contributed by atoms with Crippen molar-refractivity contribution in [3.8, 4) is 0 Å². The number of carbonyl (C=O) groups is 1. The van der Waals surface area contributed by atoms with Gasteiger partial charge in [-0.25, -0.2) is 4.79 Å². The predicted octanol–water partition coefficient (Wildman–Crippen LogP) is 5.67. The van der Waals surface area contributed by atoms with Crippen LogP contribution in [0.3, 0.4) is 0 Å². The van der Waals surface area contributed by atoms with Crippen molar-refractivity contribution < 1.29 is 28.2 Å². The van der Waals surface area contributed by atoms with Gasteiger partial charge in [-0.05, 0) is 44.1 Å². The number of ether oxygens (including phenoxy) is 4. The minimum atomic E-state index is -2.12. The molecule has 0 unspecified atom stereocenters. The van der Waals surface area contributed by atoms with Crippen LogP contribution in [0.1, 0.15) is 24.5 Å². The highest BCUT2D eigenvalue weighted by molar-refractivity contribution is 6.69. The summed E-state index contributed by atoms with van der Waals surface area (Å²) in [5.41, 5.74) is 0.0782. The van der Waals surface area contributed by atoms with Gasteiger partial charge in [0.25, 0.3) is 0 Å². The molecule has 37 heavy (non-hydrogen) atoms. The molecule has 0 spiro atoms. The van der Waals surface area contributed by atoms with Gasteiger partial charge in [0.15, 0.2) is 14.6 Å². The number of rotatable bonds is 12. The first-order chi connectivity index (χ1) is 17.6. The van der Waals surface area contributed by atoms with Crippen molar-refractivity contribution in [2.75, 3.05) is 20.3 Å². The molecule has 2 aromatic rings. The second kappa shape index (κ2) is 12.8. The number of nitrogens with one attached hydrogen (secondary N) is 1. The third-order valence-corrected chi connectivity index (χ3v) is 7.76. The summed E-state index contributed by atoms with van der Waals surface area (Å²) >= 11 is 0. The van der Waals surface area contributed by atoms with Gasteiger partial charge in [0.1, 0.15) is 12.1 Å². The van der Waals surface area contributed by atoms with E-state index in [0.717, 1.165) is 11.1 Å². The average Bonchev–Trinajstić information content (AvgIpc) is 2.87. The number of methoxy groups -OCH3 is 1. The summed E-state index contributed by atoms with van der Waals surface area (Å²) in [5.74, 6) is -0.249. The third kappa shape index (κ3) is 7.52. The summed E-state index contributed by atoms with van der Waals surface area (Å²) in [6.07, 6.45) is 1.22. The van der Waals surface area contributed by atoms with E-state index in [1.54, 1.807) is 13.2 Å². The van der Waals surface area contributed by atoms with Crippen LogP contribution in [0.4, 0.5) is 4.79 Å². The van der Waals surface area contributed by atoms with E-state index in [1.807, 2.05) is 67.6 Å². The molecule has 4 atom stereocenters. The van der Waals surface area contributed by atoms with Gasteiger partial charge >= 0.3 is 6.09 Å². The zero-order valence-corrected chi connectivity index (χ0v) is 23.7. The molecule has 1 N–H and O–H groups in total. The maximum absolute atomic E-state index is 13.0. The molecule has 0 bridgehead atoms. The van der Waals surface area contributed by atoms with Gasteiger partial charge in [-0.1, -0.05) is 66.7 Å². The molecule has 7 nitrogen and oxygen atoms in total. The maximum atomic E-state index is 13.0. The van der Waals surface area contributed by atoms with Crippen molar-refractivity contribution >= 4 is 14.4 Å². The minimum Gasteiger partial charge on any atom is -0.445 e. The fraction of sp³-hybridized carbons (Fsp3) is 0.483. The summed E-state index contributed by atoms with van der Waals surface area (Å²) < 4.78 is 30.4. The fourth-order valence-corrected chi connectivity index (χ4v) is 6.50. The molecule has 1 aliphatic heterocycles. The number of hydrogen-bond donors (Lipinski definition) is 1. The van der Waals surface area contributed by atoms with Gasteiger partial charge in [0.2, 0.25) is 0 Å². The molecule has 0 aliphatic carbocycles. The highest BCUT2D eigenvalue weighted by Crippen LogP contribution is 2.45. The number of carbonyl (C=O) groups excluding carboxylic acids is 1. The number of amides is 1. The molecule has 1 saturated heterocycles. The van der Waals surface area contributed by atoms with E-state index in [2.05, 4.69) is 31.5 Å². The number of alkyl carbamates (subject to hydrolysis) is 1. The van der Waals surface area contributed by atoms with Gasteiger partial charge in [-0.3, -0.25) is 0 Å². The molecule has 1 aliphatic rings. The van der Waals surface area contributed by atoms with Crippen LogP contribution >= 0.6 is 0 Å². The Kier molecular flexibility index (Phi) is 10.1. The Morgan fingerprint density at radius 3 is 2.22 bits per heavy atom. The van der Waals surface area contributed by atoms with Crippen molar-refractivity contribution in [1.29, 1.82) is 0 Å². The Balaban J connectivity index is 1.80. The zero-order chi connectivity index (χ0) is 26.9. The first kappa shape index (κ1) is 29.1. The van der Waals surface area contributed by atoms with Crippen molar-refractivity contribution in [3.05, 3.63) is 84.4 Å². The lowest BCUT2D eigenvalue weighted by atomic mass is 9.69. The quantitative estimate of drug-likeness (QED) is 0.218. The summed E-state index contributed by atoms with van der Waals surface area (Å²) in [6.45, 7) is 13.8. The van der Waals surface area contributed by atoms with E-state index in [9.17, 15) is 4.79 Å². The van der Waals surface area contributed by atoms with E-state index in [1.165, 1.54) is 0 Å². The van der Waals surface area contributed by atoms with Crippen molar-refractivity contribution in [1.82, 2.24) is 5.32 Å². The molecule has 0 saturated carbocycles. The first-order valence-corrected chi connectivity index (χ1v) is 16.1. The molecule has 1 amide bonds. The lowest BCUT2D eigenvalue weighted by Gasteiger charge is -2.57. The Bertz CT molecular complexity index is 998. The number of hydrogen-bond acceptors (Lipinski definition) is 6. The van der Waals surface area contributed by atoms with Crippen molar-refractivity contribution in [2.45, 2.75) is 63.6 Å². The van der Waals surface area contributed by atoms with E-state index < -0.39 is 31.8 Å². The zero-order valence-electron chi connectivity index (χ0n) is 22.7. The Morgan fingerprint density at radius 2 is 1.68 bits per heavy atom. The molecule has 2 aromatic carbocycles. The summed E-state index contributed by atoms with van der Waals surface area (Å²) in [6, 6.07) is 19.6. The van der Waals surface area contributed by atoms with Crippen LogP contribution in [0.25, 0.3) is 0 Å². The number of benzene rings is 2. The van der Waals surface area contributed by atoms with Crippen LogP contribution in [-0.2, 0) is 36.6 Å². The predicted molar refractivity (Wildman–Crippen MR) is 146 cm³/mol. The molecular weight excluding hydrogens is 486 g/mol. The lowest BCUT2D eigenvalue weighted by molar-refractivity contribution is -0.259. The standard InChI is InChI=1S/C29H41NO6Si/c1-7-29(30-27(31)34-21-24-16-12-9-13-17-24)22-35-26(32-3)25(28(29,2)36-37(4,5)6)18-19-33-20-23-14-10-8-11-15-23/h7-17,25-26H,1,18-22H2,2-6H3,(H,30,31)/t25-,26+,28-,29-/m0/s1. The monoisotopic (exact) mass is 527 g/mol. The molecule has 0 aromatic heterocycles. The normalized spacial score (nSPS) is 25.9. The average molecular weight is 528 g/mol. The Labute approximate surface area is 222 Å². The SMILES string of the molecule is C=C[C@]1(NC(=O)OCc2ccccc2)CO[C@@H](OC)[C@H](CCOCc2ccccc2)[C@]1(C)O[Si](C)(C)C. The first-order valence-electron chi connectivity index (χ1n) is 12.7. The van der Waals surface area contributed by atoms with Crippen LogP contribution in [0, 0.1) is 5.92 Å². The topological polar surface area (TPSA) is 75.3 Å². The molecule has 0 radical (unpaired) electrons. The largest absolute Gasteiger partial charge is 0.445 e. The summed E-state index contributed by atoms with van der Waals surface area (Å²) in [4.78, 5) is 13.0. The maximum Gasteiger partial charge on any atom is 0.408 e. The second-order valence-corrected chi connectivity index (χ2v) is 15.0. The molecule has 8 heteroatoms. The van der Waals surface area contributed by atoms with E-state index in [-0.39, 0.29) is 19.1 Å². The van der Waals surface area contributed by atoms with Crippen LogP contribution in [0.2, 0.25) is 19.6 Å². The third-order valence-electron chi connectivity index (χ3n) is 6.72. The highest BCUT2D eigenvalue weighted by Gasteiger charge is 2.60. The van der Waals surface area contributed by atoms with E-state index in [0.29, 0.717) is 19.6 Å². The van der Waals surface area contributed by atoms with Crippen molar-refractivity contribution in [3.63, 3.8) is 0 Å². The van der Waals surface area contributed by atoms with Crippen LogP contribution in [-0.4, -0.2) is 52.2 Å². The molecule has 202 valence electrons. The minimum absolute atomic E-state index is 0.137. The van der Waals surface area contributed by atoms with Crippen LogP contribution in [0.5, 0.6) is 0 Å². The van der Waals surface area contributed by atoms with Gasteiger partial charge < -0.3 is 28.7 Å². The van der Waals surface area contributed by atoms with E-state index >= 15 is 0 Å². The molecule has 1 heterocycles. The van der Waals surface area contributed by atoms with Crippen LogP contribution < -0.4 is 5.32 Å². The fourth-order valence-electron chi connectivity index (χ4n) is 4.90. The van der Waals surface area contributed by atoms with Gasteiger partial charge in [-0.15, -0.1) is 6.58 Å². The van der Waals surface area contributed by atoms with Crippen LogP contribution in [0.15, 0.2) is 73.3 Å². The van der Waals surface area contributed by atoms with Gasteiger partial charge in [-0.2, -0.15) is 0 Å². The molecule has 1 fully saturated rings. The molecular formula is C29H41NO6Si. The summed E-state index contributed by atoms with van der Waals surface area (Å²) in [7, 11) is -0.495. The summed E-state index contributed by atoms with van der Waals surface area (Å²) in [5, 5.41) is 3.05. The highest BCUT2D eigenvalue weighted by atomic mass is 28.4. The Morgan fingerprint density at radius 1 is 1.08 bits per heavy atom. The van der Waals surface area contributed by atoms with Crippen molar-refractivity contribution in [2.24, 2.45) is 5.92 Å². The van der Waals surface area contributed by atoms with Gasteiger partial charge in [0.05, 0.1) is 18.8 Å². The molecule has 3 rings (SSSR count). The lowest BCUT2D eigenvalue weighted by Crippen LogP contribution is -2.74. The Hall–Kier alpha value is -2.49.